The number of aromatic hydroxyl groups is 3. The van der Waals surface area contributed by atoms with Gasteiger partial charge >= 0.3 is 0 Å². The van der Waals surface area contributed by atoms with Crippen molar-refractivity contribution in [2.45, 2.75) is 74.6 Å². The summed E-state index contributed by atoms with van der Waals surface area (Å²) < 4.78 is 78.4. The van der Waals surface area contributed by atoms with E-state index in [4.69, 9.17) is 0 Å². The number of benzene rings is 3. The number of rotatable bonds is 6. The van der Waals surface area contributed by atoms with E-state index in [-0.39, 0.29) is 17.2 Å². The van der Waals surface area contributed by atoms with Crippen LogP contribution in [0.4, 0.5) is 0 Å². The van der Waals surface area contributed by atoms with Gasteiger partial charge in [0.2, 0.25) is 0 Å². The van der Waals surface area contributed by atoms with Crippen molar-refractivity contribution < 1.29 is 40.6 Å². The summed E-state index contributed by atoms with van der Waals surface area (Å²) in [6.45, 7) is 9.65. The van der Waals surface area contributed by atoms with Crippen LogP contribution in [0.1, 0.15) is 50.1 Å². The van der Waals surface area contributed by atoms with E-state index in [1.165, 1.54) is 36.4 Å². The first kappa shape index (κ1) is 31.8. The predicted molar refractivity (Wildman–Crippen MR) is 162 cm³/mol. The van der Waals surface area contributed by atoms with Crippen LogP contribution < -0.4 is 0 Å². The summed E-state index contributed by atoms with van der Waals surface area (Å²) in [5.74, 6) is 0.00716. The normalized spacial score (nSPS) is 22.6. The Bertz CT molecular complexity index is 1590. The van der Waals surface area contributed by atoms with Crippen molar-refractivity contribution in [2.75, 3.05) is 0 Å². The molecular weight excluding hydrogens is 601 g/mol. The molecule has 0 spiro atoms. The predicted octanol–water partition coefficient (Wildman–Crippen LogP) is 3.92. The minimum absolute atomic E-state index is 0.00239. The summed E-state index contributed by atoms with van der Waals surface area (Å²) in [5, 5.41) is 30.6. The molecule has 12 heteroatoms. The maximum Gasteiger partial charge on any atom is 0.185 e. The molecule has 0 amide bonds. The van der Waals surface area contributed by atoms with Crippen molar-refractivity contribution in [2.24, 2.45) is 0 Å². The number of phenols is 3. The zero-order valence-corrected chi connectivity index (χ0v) is 26.8. The zero-order valence-electron chi connectivity index (χ0n) is 24.3. The molecule has 0 bridgehead atoms. The summed E-state index contributed by atoms with van der Waals surface area (Å²) in [4.78, 5) is 0. The van der Waals surface area contributed by atoms with Crippen LogP contribution in [0.5, 0.6) is 17.2 Å². The quantitative estimate of drug-likeness (QED) is 0.364. The van der Waals surface area contributed by atoms with E-state index in [9.17, 15) is 40.6 Å². The topological polar surface area (TPSA) is 163 Å². The average molecular weight is 637 g/mol. The molecule has 1 heterocycles. The molecule has 0 atom stereocenters. The van der Waals surface area contributed by atoms with Gasteiger partial charge in [-0.2, -0.15) is 0 Å². The second kappa shape index (κ2) is 10.9. The summed E-state index contributed by atoms with van der Waals surface area (Å²) in [5.41, 5.74) is 3.60. The number of aryl methyl sites for hydroxylation is 6. The van der Waals surface area contributed by atoms with E-state index < -0.39 is 62.5 Å². The lowest BCUT2D eigenvalue weighted by molar-refractivity contribution is 0.466. The monoisotopic (exact) mass is 636 g/mol. The van der Waals surface area contributed by atoms with Crippen LogP contribution in [-0.2, 0) is 48.8 Å². The lowest BCUT2D eigenvalue weighted by Crippen LogP contribution is -2.57. The van der Waals surface area contributed by atoms with Crippen molar-refractivity contribution in [3.05, 3.63) is 86.5 Å². The first-order valence-corrected chi connectivity index (χ1v) is 18.2. The van der Waals surface area contributed by atoms with Crippen LogP contribution in [0.2, 0.25) is 0 Å². The van der Waals surface area contributed by atoms with Crippen molar-refractivity contribution in [1.82, 2.24) is 0 Å². The summed E-state index contributed by atoms with van der Waals surface area (Å²) in [7, 11) is -14.5. The van der Waals surface area contributed by atoms with E-state index in [1.54, 1.807) is 41.5 Å². The Balaban J connectivity index is 1.91. The molecule has 1 aliphatic rings. The molecule has 3 aromatic rings. The maximum atomic E-state index is 14.1. The highest BCUT2D eigenvalue weighted by molar-refractivity contribution is 8.25. The van der Waals surface area contributed by atoms with Crippen LogP contribution in [0.25, 0.3) is 0 Å². The second-order valence-corrected chi connectivity index (χ2v) is 19.2. The van der Waals surface area contributed by atoms with Crippen molar-refractivity contribution in [3.63, 3.8) is 0 Å². The summed E-state index contributed by atoms with van der Waals surface area (Å²) in [6, 6.07) is 9.00. The van der Waals surface area contributed by atoms with Crippen molar-refractivity contribution >= 4 is 29.5 Å². The molecule has 0 aliphatic carbocycles. The molecule has 1 saturated heterocycles. The Kier molecular flexibility index (Phi) is 8.24. The van der Waals surface area contributed by atoms with E-state index in [0.29, 0.717) is 50.1 Å². The molecule has 0 aromatic heterocycles. The fourth-order valence-corrected chi connectivity index (χ4v) is 16.9. The van der Waals surface area contributed by atoms with E-state index in [1.807, 2.05) is 0 Å². The van der Waals surface area contributed by atoms with Crippen LogP contribution >= 0.6 is 0 Å². The van der Waals surface area contributed by atoms with Gasteiger partial charge in [-0.05, 0) is 91.6 Å². The summed E-state index contributed by atoms with van der Waals surface area (Å²) in [6.07, 6.45) is -1.47. The van der Waals surface area contributed by atoms with E-state index >= 15 is 0 Å². The van der Waals surface area contributed by atoms with Crippen LogP contribution in [0.15, 0.2) is 36.4 Å². The van der Waals surface area contributed by atoms with Gasteiger partial charge in [-0.25, -0.2) is 25.3 Å². The molecule has 228 valence electrons. The zero-order chi connectivity index (χ0) is 31.5. The molecule has 42 heavy (non-hydrogen) atoms. The van der Waals surface area contributed by atoms with Gasteiger partial charge in [0.15, 0.2) is 43.3 Å². The highest BCUT2D eigenvalue weighted by atomic mass is 32.3. The average Bonchev–Trinajstić information content (AvgIpc) is 2.87. The highest BCUT2D eigenvalue weighted by Gasteiger charge is 2.61. The molecule has 1 fully saturated rings. The van der Waals surface area contributed by atoms with Gasteiger partial charge in [0.1, 0.15) is 17.2 Å². The van der Waals surface area contributed by atoms with Gasteiger partial charge in [0, 0.05) is 19.3 Å². The van der Waals surface area contributed by atoms with Crippen LogP contribution in [-0.4, -0.2) is 54.3 Å². The Hall–Kier alpha value is -3.09. The fraction of sp³-hybridized carbons (Fsp3) is 0.400. The second-order valence-electron chi connectivity index (χ2n) is 11.4. The Labute approximate surface area is 247 Å². The third-order valence-corrected chi connectivity index (χ3v) is 18.3. The molecule has 0 radical (unpaired) electrons. The largest absolute Gasteiger partial charge is 0.507 e. The molecule has 0 unspecified atom stereocenters. The van der Waals surface area contributed by atoms with Gasteiger partial charge in [0.05, 0.1) is 0 Å². The molecule has 3 N–H and O–H groups in total. The SMILES string of the molecule is Cc1cc(CC2S(=O)(=O)C(Cc3cc(C)c(O)c(C)c3)S(=O)(=O)C(Cc3cc(C)c(O)c(C)c3)S2(=O)=O)cc(C)c1O. The minimum atomic E-state index is -4.84. The molecule has 3 aromatic carbocycles. The Morgan fingerprint density at radius 2 is 0.595 bits per heavy atom. The molecule has 0 saturated carbocycles. The maximum absolute atomic E-state index is 14.1. The van der Waals surface area contributed by atoms with Crippen LogP contribution in [0.3, 0.4) is 0 Å². The first-order chi connectivity index (χ1) is 19.3. The fourth-order valence-electron chi connectivity index (χ4n) is 5.83. The van der Waals surface area contributed by atoms with Gasteiger partial charge < -0.3 is 15.3 Å². The van der Waals surface area contributed by atoms with E-state index in [0.717, 1.165) is 0 Å². The van der Waals surface area contributed by atoms with Crippen LogP contribution in [0, 0.1) is 41.5 Å². The molecule has 9 nitrogen and oxygen atoms in total. The smallest absolute Gasteiger partial charge is 0.185 e. The van der Waals surface area contributed by atoms with Gasteiger partial charge in [0.25, 0.3) is 0 Å². The first-order valence-electron chi connectivity index (χ1n) is 13.3. The number of hydrogen-bond acceptors (Lipinski definition) is 9. The van der Waals surface area contributed by atoms with Gasteiger partial charge in [-0.15, -0.1) is 0 Å². The van der Waals surface area contributed by atoms with E-state index in [2.05, 4.69) is 0 Å². The number of phenolic OH excluding ortho intramolecular Hbond substituents is 3. The van der Waals surface area contributed by atoms with Gasteiger partial charge in [-0.1, -0.05) is 36.4 Å². The van der Waals surface area contributed by atoms with Gasteiger partial charge in [-0.3, -0.25) is 0 Å². The third-order valence-electron chi connectivity index (χ3n) is 8.06. The summed E-state index contributed by atoms with van der Waals surface area (Å²) >= 11 is 0. The highest BCUT2D eigenvalue weighted by Crippen LogP contribution is 2.40. The molecular formula is C30H36O9S3. The third kappa shape index (κ3) is 5.51. The van der Waals surface area contributed by atoms with Crippen molar-refractivity contribution in [1.29, 1.82) is 0 Å². The Morgan fingerprint density at radius 3 is 0.762 bits per heavy atom. The molecule has 1 aliphatic heterocycles. The molecule has 4 rings (SSSR count). The lowest BCUT2D eigenvalue weighted by Gasteiger charge is -2.35. The minimum Gasteiger partial charge on any atom is -0.507 e. The Morgan fingerprint density at radius 1 is 0.429 bits per heavy atom. The standard InChI is InChI=1S/C30H36O9S3/c1-16-7-22(8-17(2)28(16)31)13-25-40(34,35)26(14-23-9-18(3)29(32)19(4)10-23)42(38,39)27(41(25,36)37)15-24-11-20(5)30(33)21(6)12-24/h7-12,25-27,31-33H,13-15H2,1-6H3. The lowest BCUT2D eigenvalue weighted by atomic mass is 10.0. The number of sulfone groups is 3. The number of hydrogen-bond donors (Lipinski definition) is 3. The van der Waals surface area contributed by atoms with Crippen molar-refractivity contribution in [3.8, 4) is 17.2 Å².